The van der Waals surface area contributed by atoms with Crippen LogP contribution >= 0.6 is 0 Å². The Balaban J connectivity index is 1.90. The van der Waals surface area contributed by atoms with E-state index in [2.05, 4.69) is 10.6 Å². The predicted octanol–water partition coefficient (Wildman–Crippen LogP) is 1.84. The molecular formula is C21H27N3O5S. The fourth-order valence-electron chi connectivity index (χ4n) is 2.47. The van der Waals surface area contributed by atoms with Crippen molar-refractivity contribution in [3.05, 3.63) is 54.1 Å². The molecule has 0 radical (unpaired) electrons. The largest absolute Gasteiger partial charge is 0.484 e. The minimum atomic E-state index is -3.68. The maximum atomic E-state index is 12.7. The highest BCUT2D eigenvalue weighted by Gasteiger charge is 2.21. The van der Waals surface area contributed by atoms with Crippen molar-refractivity contribution in [3.8, 4) is 5.75 Å². The van der Waals surface area contributed by atoms with Crippen LogP contribution in [0.1, 0.15) is 18.9 Å². The van der Waals surface area contributed by atoms with Crippen LogP contribution in [0.15, 0.2) is 53.4 Å². The van der Waals surface area contributed by atoms with Crippen molar-refractivity contribution in [2.45, 2.75) is 25.2 Å². The molecule has 2 aromatic rings. The van der Waals surface area contributed by atoms with Gasteiger partial charge in [-0.05, 0) is 49.7 Å². The lowest BCUT2D eigenvalue weighted by Crippen LogP contribution is -2.39. The molecule has 30 heavy (non-hydrogen) atoms. The van der Waals surface area contributed by atoms with Crippen molar-refractivity contribution in [2.75, 3.05) is 31.0 Å². The number of sulfonamides is 1. The minimum Gasteiger partial charge on any atom is -0.484 e. The standard InChI is InChI=1S/C21H27N3O5S/c1-4-13-22-20(25)14-23-21(26)15-29-18-9-7-17(8-10-18)24(3)30(27,28)19-11-5-16(2)6-12-19/h5-12H,4,13-15H2,1-3H3,(H,22,25)(H,23,26). The molecule has 0 fully saturated rings. The van der Waals surface area contributed by atoms with Gasteiger partial charge in [-0.25, -0.2) is 8.42 Å². The molecule has 0 atom stereocenters. The summed E-state index contributed by atoms with van der Waals surface area (Å²) in [7, 11) is -2.20. The third-order valence-electron chi connectivity index (χ3n) is 4.27. The topological polar surface area (TPSA) is 105 Å². The monoisotopic (exact) mass is 433 g/mol. The fraction of sp³-hybridized carbons (Fsp3) is 0.333. The van der Waals surface area contributed by atoms with E-state index in [1.807, 2.05) is 13.8 Å². The molecule has 0 heterocycles. The highest BCUT2D eigenvalue weighted by Crippen LogP contribution is 2.24. The van der Waals surface area contributed by atoms with Crippen molar-refractivity contribution in [2.24, 2.45) is 0 Å². The molecule has 2 aromatic carbocycles. The molecule has 0 aliphatic heterocycles. The van der Waals surface area contributed by atoms with Crippen LogP contribution in [0.25, 0.3) is 0 Å². The zero-order chi connectivity index (χ0) is 22.1. The lowest BCUT2D eigenvalue weighted by molar-refractivity contribution is -0.127. The summed E-state index contributed by atoms with van der Waals surface area (Å²) >= 11 is 0. The molecule has 0 unspecified atom stereocenters. The third kappa shape index (κ3) is 6.48. The van der Waals surface area contributed by atoms with Crippen LogP contribution in [-0.2, 0) is 19.6 Å². The van der Waals surface area contributed by atoms with Crippen molar-refractivity contribution in [1.29, 1.82) is 0 Å². The summed E-state index contributed by atoms with van der Waals surface area (Å²) in [6.45, 7) is 4.03. The molecule has 9 heteroatoms. The lowest BCUT2D eigenvalue weighted by Gasteiger charge is -2.20. The Morgan fingerprint density at radius 2 is 1.60 bits per heavy atom. The van der Waals surface area contributed by atoms with Gasteiger partial charge >= 0.3 is 0 Å². The van der Waals surface area contributed by atoms with Crippen LogP contribution in [0.5, 0.6) is 5.75 Å². The zero-order valence-corrected chi connectivity index (χ0v) is 18.2. The van der Waals surface area contributed by atoms with E-state index in [1.165, 1.54) is 11.4 Å². The number of hydrogen-bond donors (Lipinski definition) is 2. The van der Waals surface area contributed by atoms with Crippen LogP contribution in [0.3, 0.4) is 0 Å². The lowest BCUT2D eigenvalue weighted by atomic mass is 10.2. The van der Waals surface area contributed by atoms with Crippen LogP contribution in [0.2, 0.25) is 0 Å². The van der Waals surface area contributed by atoms with E-state index in [0.717, 1.165) is 12.0 Å². The summed E-state index contributed by atoms with van der Waals surface area (Å²) in [4.78, 5) is 23.4. The number of carbonyl (C=O) groups excluding carboxylic acids is 2. The van der Waals surface area contributed by atoms with Crippen molar-refractivity contribution in [1.82, 2.24) is 10.6 Å². The van der Waals surface area contributed by atoms with E-state index in [9.17, 15) is 18.0 Å². The van der Waals surface area contributed by atoms with Gasteiger partial charge in [0, 0.05) is 13.6 Å². The Bertz CT molecular complexity index is 957. The smallest absolute Gasteiger partial charge is 0.264 e. The SMILES string of the molecule is CCCNC(=O)CNC(=O)COc1ccc(N(C)S(=O)(=O)c2ccc(C)cc2)cc1. The predicted molar refractivity (Wildman–Crippen MR) is 115 cm³/mol. The second-order valence-corrected chi connectivity index (χ2v) is 8.66. The first-order valence-corrected chi connectivity index (χ1v) is 11.0. The van der Waals surface area contributed by atoms with Gasteiger partial charge in [0.2, 0.25) is 5.91 Å². The molecule has 0 aliphatic carbocycles. The van der Waals surface area contributed by atoms with Crippen molar-refractivity contribution >= 4 is 27.5 Å². The summed E-state index contributed by atoms with van der Waals surface area (Å²) < 4.78 is 32.1. The summed E-state index contributed by atoms with van der Waals surface area (Å²) in [5, 5.41) is 5.13. The maximum Gasteiger partial charge on any atom is 0.264 e. The number of benzene rings is 2. The first-order chi connectivity index (χ1) is 14.2. The number of nitrogens with one attached hydrogen (secondary N) is 2. The molecule has 162 valence electrons. The molecule has 2 N–H and O–H groups in total. The third-order valence-corrected chi connectivity index (χ3v) is 6.07. The van der Waals surface area contributed by atoms with Gasteiger partial charge in [0.05, 0.1) is 17.1 Å². The van der Waals surface area contributed by atoms with Crippen LogP contribution in [0, 0.1) is 6.92 Å². The highest BCUT2D eigenvalue weighted by molar-refractivity contribution is 7.92. The first-order valence-electron chi connectivity index (χ1n) is 9.56. The number of rotatable bonds is 10. The molecule has 0 aromatic heterocycles. The van der Waals surface area contributed by atoms with Gasteiger partial charge in [-0.2, -0.15) is 0 Å². The van der Waals surface area contributed by atoms with Gasteiger partial charge in [0.1, 0.15) is 5.75 Å². The van der Waals surface area contributed by atoms with E-state index >= 15 is 0 Å². The van der Waals surface area contributed by atoms with E-state index in [4.69, 9.17) is 4.74 Å². The normalized spacial score (nSPS) is 10.9. The Morgan fingerprint density at radius 1 is 0.967 bits per heavy atom. The van der Waals surface area contributed by atoms with Crippen molar-refractivity contribution in [3.63, 3.8) is 0 Å². The van der Waals surface area contributed by atoms with E-state index in [-0.39, 0.29) is 24.0 Å². The Labute approximate surface area is 177 Å². The molecular weight excluding hydrogens is 406 g/mol. The number of anilines is 1. The second-order valence-electron chi connectivity index (χ2n) is 6.69. The number of aryl methyl sites for hydroxylation is 1. The molecule has 8 nitrogen and oxygen atoms in total. The number of carbonyl (C=O) groups is 2. The molecule has 0 spiro atoms. The average molecular weight is 434 g/mol. The highest BCUT2D eigenvalue weighted by atomic mass is 32.2. The van der Waals surface area contributed by atoms with Gasteiger partial charge in [0.15, 0.2) is 6.61 Å². The van der Waals surface area contributed by atoms with E-state index in [1.54, 1.807) is 48.5 Å². The number of ether oxygens (including phenoxy) is 1. The molecule has 0 saturated carbocycles. The molecule has 0 saturated heterocycles. The summed E-state index contributed by atoms with van der Waals surface area (Å²) in [6.07, 6.45) is 0.820. The van der Waals surface area contributed by atoms with Crippen LogP contribution < -0.4 is 19.7 Å². The quantitative estimate of drug-likeness (QED) is 0.595. The van der Waals surface area contributed by atoms with Gasteiger partial charge < -0.3 is 15.4 Å². The Hall–Kier alpha value is -3.07. The van der Waals surface area contributed by atoms with Crippen molar-refractivity contribution < 1.29 is 22.7 Å². The van der Waals surface area contributed by atoms with E-state index < -0.39 is 15.9 Å². The van der Waals surface area contributed by atoms with Gasteiger partial charge in [0.25, 0.3) is 15.9 Å². The van der Waals surface area contributed by atoms with E-state index in [0.29, 0.717) is 18.0 Å². The Kier molecular flexibility index (Phi) is 8.23. The molecule has 0 aliphatic rings. The zero-order valence-electron chi connectivity index (χ0n) is 17.3. The van der Waals surface area contributed by atoms with Gasteiger partial charge in [-0.3, -0.25) is 13.9 Å². The fourth-order valence-corrected chi connectivity index (χ4v) is 3.66. The molecule has 0 bridgehead atoms. The summed E-state index contributed by atoms with van der Waals surface area (Å²) in [5.41, 5.74) is 1.43. The van der Waals surface area contributed by atoms with Gasteiger partial charge in [-0.1, -0.05) is 24.6 Å². The summed E-state index contributed by atoms with van der Waals surface area (Å²) in [5.74, 6) is -0.275. The number of hydrogen-bond acceptors (Lipinski definition) is 5. The van der Waals surface area contributed by atoms with Gasteiger partial charge in [-0.15, -0.1) is 0 Å². The number of amides is 2. The second kappa shape index (κ2) is 10.6. The molecule has 2 amide bonds. The Morgan fingerprint density at radius 3 is 2.20 bits per heavy atom. The minimum absolute atomic E-state index is 0.108. The first kappa shape index (κ1) is 23.2. The van der Waals surface area contributed by atoms with Crippen LogP contribution in [0.4, 0.5) is 5.69 Å². The summed E-state index contributed by atoms with van der Waals surface area (Å²) in [6, 6.07) is 13.0. The maximum absolute atomic E-state index is 12.7. The number of nitrogens with zero attached hydrogens (tertiary/aromatic N) is 1. The molecule has 2 rings (SSSR count). The van der Waals surface area contributed by atoms with Crippen LogP contribution in [-0.4, -0.2) is 47.0 Å². The average Bonchev–Trinajstić information content (AvgIpc) is 2.74.